The van der Waals surface area contributed by atoms with Gasteiger partial charge in [-0.25, -0.2) is 4.98 Å². The molecule has 1 aromatic heterocycles. The van der Waals surface area contributed by atoms with Crippen molar-refractivity contribution in [2.24, 2.45) is 0 Å². The van der Waals surface area contributed by atoms with E-state index in [-0.39, 0.29) is 17.0 Å². The lowest BCUT2D eigenvalue weighted by atomic mass is 10.1. The second kappa shape index (κ2) is 6.73. The van der Waals surface area contributed by atoms with Crippen molar-refractivity contribution in [3.63, 3.8) is 0 Å². The van der Waals surface area contributed by atoms with Crippen LogP contribution in [0.3, 0.4) is 0 Å². The first-order valence-electron chi connectivity index (χ1n) is 6.70. The maximum atomic E-state index is 12.3. The van der Waals surface area contributed by atoms with Crippen LogP contribution in [0.1, 0.15) is 10.4 Å². The topological polar surface area (TPSA) is 97.6 Å². The molecule has 0 saturated heterocycles. The first-order chi connectivity index (χ1) is 10.9. The van der Waals surface area contributed by atoms with Crippen molar-refractivity contribution in [1.29, 1.82) is 0 Å². The van der Waals surface area contributed by atoms with Crippen LogP contribution in [0.2, 0.25) is 0 Å². The van der Waals surface area contributed by atoms with Gasteiger partial charge in [0.2, 0.25) is 0 Å². The average molecular weight is 316 g/mol. The summed E-state index contributed by atoms with van der Waals surface area (Å²) < 4.78 is 4.92. The summed E-state index contributed by atoms with van der Waals surface area (Å²) in [5.74, 6) is 0.220. The quantitative estimate of drug-likeness (QED) is 0.671. The molecule has 0 saturated carbocycles. The minimum absolute atomic E-state index is 0.0990. The van der Waals surface area contributed by atoms with E-state index in [0.717, 1.165) is 0 Å². The zero-order valence-electron chi connectivity index (χ0n) is 12.9. The van der Waals surface area contributed by atoms with Crippen LogP contribution in [-0.2, 0) is 0 Å². The third-order valence-corrected chi connectivity index (χ3v) is 3.10. The van der Waals surface area contributed by atoms with Crippen molar-refractivity contribution in [3.8, 4) is 5.75 Å². The van der Waals surface area contributed by atoms with Gasteiger partial charge in [0.15, 0.2) is 11.6 Å². The second-order valence-corrected chi connectivity index (χ2v) is 4.87. The Morgan fingerprint density at radius 1 is 1.35 bits per heavy atom. The number of pyridine rings is 1. The van der Waals surface area contributed by atoms with Gasteiger partial charge in [-0.15, -0.1) is 0 Å². The predicted molar refractivity (Wildman–Crippen MR) is 86.2 cm³/mol. The van der Waals surface area contributed by atoms with Gasteiger partial charge in [-0.1, -0.05) is 0 Å². The minimum atomic E-state index is -0.592. The van der Waals surface area contributed by atoms with Crippen molar-refractivity contribution in [2.45, 2.75) is 0 Å². The maximum Gasteiger partial charge on any atom is 0.311 e. The Morgan fingerprint density at radius 2 is 2.09 bits per heavy atom. The highest BCUT2D eigenvalue weighted by atomic mass is 16.6. The molecule has 0 aliphatic carbocycles. The van der Waals surface area contributed by atoms with E-state index in [2.05, 4.69) is 10.3 Å². The van der Waals surface area contributed by atoms with Crippen LogP contribution in [0.25, 0.3) is 0 Å². The van der Waals surface area contributed by atoms with Gasteiger partial charge < -0.3 is 15.0 Å². The molecular formula is C15H16N4O4. The zero-order valence-corrected chi connectivity index (χ0v) is 12.9. The van der Waals surface area contributed by atoms with E-state index in [9.17, 15) is 14.9 Å². The lowest BCUT2D eigenvalue weighted by molar-refractivity contribution is -0.385. The Bertz CT molecular complexity index is 746. The van der Waals surface area contributed by atoms with E-state index in [0.29, 0.717) is 11.5 Å². The van der Waals surface area contributed by atoms with E-state index in [1.165, 1.54) is 25.3 Å². The third kappa shape index (κ3) is 3.54. The standard InChI is InChI=1S/C15H16N4O4/c1-18(2)14-11(5-4-8-16-14)17-15(20)10-6-7-13(23-3)12(9-10)19(21)22/h4-9H,1-3H3,(H,17,20). The molecule has 0 fully saturated rings. The molecule has 8 heteroatoms. The summed E-state index contributed by atoms with van der Waals surface area (Å²) in [6.07, 6.45) is 1.61. The van der Waals surface area contributed by atoms with E-state index in [1.807, 2.05) is 0 Å². The molecule has 0 bridgehead atoms. The number of nitrogens with one attached hydrogen (secondary N) is 1. The van der Waals surface area contributed by atoms with Crippen LogP contribution in [0.5, 0.6) is 5.75 Å². The van der Waals surface area contributed by atoms with Crippen LogP contribution in [0.15, 0.2) is 36.5 Å². The van der Waals surface area contributed by atoms with Crippen LogP contribution in [0.4, 0.5) is 17.2 Å². The monoisotopic (exact) mass is 316 g/mol. The van der Waals surface area contributed by atoms with Crippen molar-refractivity contribution in [3.05, 3.63) is 52.2 Å². The number of ether oxygens (including phenoxy) is 1. The van der Waals surface area contributed by atoms with Gasteiger partial charge in [-0.2, -0.15) is 0 Å². The van der Waals surface area contributed by atoms with Crippen molar-refractivity contribution in [1.82, 2.24) is 4.98 Å². The number of rotatable bonds is 5. The Hall–Kier alpha value is -3.16. The number of carbonyl (C=O) groups excluding carboxylic acids is 1. The number of aromatic nitrogens is 1. The van der Waals surface area contributed by atoms with E-state index < -0.39 is 10.8 Å². The van der Waals surface area contributed by atoms with E-state index in [1.54, 1.807) is 37.3 Å². The summed E-state index contributed by atoms with van der Waals surface area (Å²) in [6.45, 7) is 0. The van der Waals surface area contributed by atoms with E-state index >= 15 is 0 Å². The largest absolute Gasteiger partial charge is 0.490 e. The number of nitro benzene ring substituents is 1. The Balaban J connectivity index is 2.32. The number of hydrogen-bond acceptors (Lipinski definition) is 6. The van der Waals surface area contributed by atoms with Crippen molar-refractivity contribution in [2.75, 3.05) is 31.4 Å². The Kier molecular flexibility index (Phi) is 4.75. The molecular weight excluding hydrogens is 300 g/mol. The van der Waals surface area contributed by atoms with Crippen molar-refractivity contribution < 1.29 is 14.5 Å². The highest BCUT2D eigenvalue weighted by Crippen LogP contribution is 2.28. The van der Waals surface area contributed by atoms with Gasteiger partial charge in [0, 0.05) is 31.9 Å². The molecule has 1 N–H and O–H groups in total. The number of nitrogens with zero attached hydrogens (tertiary/aromatic N) is 3. The lowest BCUT2D eigenvalue weighted by Gasteiger charge is -2.16. The lowest BCUT2D eigenvalue weighted by Crippen LogP contribution is -2.17. The van der Waals surface area contributed by atoms with E-state index in [4.69, 9.17) is 4.74 Å². The fraction of sp³-hybridized carbons (Fsp3) is 0.200. The fourth-order valence-corrected chi connectivity index (χ4v) is 2.02. The minimum Gasteiger partial charge on any atom is -0.490 e. The molecule has 23 heavy (non-hydrogen) atoms. The molecule has 0 aliphatic heterocycles. The predicted octanol–water partition coefficient (Wildman–Crippen LogP) is 2.32. The Morgan fingerprint density at radius 3 is 2.70 bits per heavy atom. The normalized spacial score (nSPS) is 10.0. The smallest absolute Gasteiger partial charge is 0.311 e. The van der Waals surface area contributed by atoms with Gasteiger partial charge in [-0.3, -0.25) is 14.9 Å². The van der Waals surface area contributed by atoms with Gasteiger partial charge in [0.05, 0.1) is 17.7 Å². The third-order valence-electron chi connectivity index (χ3n) is 3.10. The molecule has 0 aliphatic rings. The average Bonchev–Trinajstić information content (AvgIpc) is 2.54. The number of carbonyl (C=O) groups is 1. The summed E-state index contributed by atoms with van der Waals surface area (Å²) in [5.41, 5.74) is 0.409. The van der Waals surface area contributed by atoms with Crippen molar-refractivity contribution >= 4 is 23.1 Å². The first kappa shape index (κ1) is 16.2. The first-order valence-corrected chi connectivity index (χ1v) is 6.70. The zero-order chi connectivity index (χ0) is 17.0. The fourth-order valence-electron chi connectivity index (χ4n) is 2.02. The summed E-state index contributed by atoms with van der Waals surface area (Å²) in [7, 11) is 4.94. The SMILES string of the molecule is COc1ccc(C(=O)Nc2cccnc2N(C)C)cc1[N+](=O)[O-]. The molecule has 0 radical (unpaired) electrons. The van der Waals surface area contributed by atoms with Crippen LogP contribution < -0.4 is 15.0 Å². The molecule has 0 unspecified atom stereocenters. The number of methoxy groups -OCH3 is 1. The van der Waals surface area contributed by atoms with Gasteiger partial charge in [0.25, 0.3) is 5.91 Å². The number of anilines is 2. The molecule has 1 aromatic carbocycles. The molecule has 2 rings (SSSR count). The molecule has 0 atom stereocenters. The molecule has 0 spiro atoms. The highest BCUT2D eigenvalue weighted by Gasteiger charge is 2.19. The van der Waals surface area contributed by atoms with Crippen LogP contribution in [-0.4, -0.2) is 37.0 Å². The molecule has 1 heterocycles. The highest BCUT2D eigenvalue weighted by molar-refractivity contribution is 6.06. The molecule has 120 valence electrons. The van der Waals surface area contributed by atoms with Gasteiger partial charge >= 0.3 is 5.69 Å². The summed E-state index contributed by atoms with van der Waals surface area (Å²) in [5, 5.41) is 13.7. The molecule has 8 nitrogen and oxygen atoms in total. The Labute approximate surface area is 132 Å². The van der Waals surface area contributed by atoms with Gasteiger partial charge in [-0.05, 0) is 24.3 Å². The number of benzene rings is 1. The molecule has 1 amide bonds. The second-order valence-electron chi connectivity index (χ2n) is 4.87. The maximum absolute atomic E-state index is 12.3. The summed E-state index contributed by atoms with van der Waals surface area (Å²) in [6, 6.07) is 7.44. The summed E-state index contributed by atoms with van der Waals surface area (Å²) in [4.78, 5) is 28.7. The number of hydrogen-bond donors (Lipinski definition) is 1. The van der Waals surface area contributed by atoms with Crippen LogP contribution in [0, 0.1) is 10.1 Å². The number of amides is 1. The van der Waals surface area contributed by atoms with Gasteiger partial charge in [0.1, 0.15) is 0 Å². The molecule has 2 aromatic rings. The summed E-state index contributed by atoms with van der Waals surface area (Å²) >= 11 is 0. The number of nitro groups is 1. The van der Waals surface area contributed by atoms with Crippen LogP contribution >= 0.6 is 0 Å².